The van der Waals surface area contributed by atoms with Gasteiger partial charge in [0.2, 0.25) is 5.95 Å². The van der Waals surface area contributed by atoms with E-state index in [1.54, 1.807) is 0 Å². The molecule has 20 heavy (non-hydrogen) atoms. The summed E-state index contributed by atoms with van der Waals surface area (Å²) in [5.41, 5.74) is 4.69. The second-order valence-electron chi connectivity index (χ2n) is 4.07. The van der Waals surface area contributed by atoms with Crippen LogP contribution in [0.3, 0.4) is 0 Å². The standard InChI is InChI=1S/C11H13F3N6/c1-2-3-16-8-4-9(19-10(15)18-8)20-6-7(5-17-20)11(12,13)14/h4-6H,2-3H2,1H3,(H3,15,16,18,19). The van der Waals surface area contributed by atoms with Gasteiger partial charge < -0.3 is 11.1 Å². The van der Waals surface area contributed by atoms with E-state index < -0.39 is 11.7 Å². The molecular formula is C11H13F3N6. The average molecular weight is 286 g/mol. The summed E-state index contributed by atoms with van der Waals surface area (Å²) in [5, 5.41) is 6.63. The Bertz CT molecular complexity index is 592. The topological polar surface area (TPSA) is 81.7 Å². The van der Waals surface area contributed by atoms with Crippen molar-refractivity contribution in [3.63, 3.8) is 0 Å². The quantitative estimate of drug-likeness (QED) is 0.899. The highest BCUT2D eigenvalue weighted by molar-refractivity contribution is 5.45. The molecule has 0 fully saturated rings. The highest BCUT2D eigenvalue weighted by atomic mass is 19.4. The van der Waals surface area contributed by atoms with Gasteiger partial charge in [-0.05, 0) is 6.42 Å². The molecule has 2 heterocycles. The molecule has 6 nitrogen and oxygen atoms in total. The summed E-state index contributed by atoms with van der Waals surface area (Å²) >= 11 is 0. The minimum atomic E-state index is -4.44. The monoisotopic (exact) mass is 286 g/mol. The van der Waals surface area contributed by atoms with Gasteiger partial charge in [0.25, 0.3) is 0 Å². The van der Waals surface area contributed by atoms with Crippen LogP contribution in [0.15, 0.2) is 18.5 Å². The number of rotatable bonds is 4. The highest BCUT2D eigenvalue weighted by Crippen LogP contribution is 2.29. The lowest BCUT2D eigenvalue weighted by molar-refractivity contribution is -0.137. The smallest absolute Gasteiger partial charge is 0.370 e. The number of hydrogen-bond acceptors (Lipinski definition) is 5. The van der Waals surface area contributed by atoms with Crippen molar-refractivity contribution in [1.82, 2.24) is 19.7 Å². The van der Waals surface area contributed by atoms with Crippen LogP contribution in [0.25, 0.3) is 5.82 Å². The minimum Gasteiger partial charge on any atom is -0.370 e. The number of halogens is 3. The van der Waals surface area contributed by atoms with Gasteiger partial charge in [-0.15, -0.1) is 0 Å². The molecule has 0 amide bonds. The molecule has 0 radical (unpaired) electrons. The molecule has 0 spiro atoms. The van der Waals surface area contributed by atoms with Gasteiger partial charge in [-0.1, -0.05) is 6.92 Å². The number of alkyl halides is 3. The molecule has 2 aromatic rings. The SMILES string of the molecule is CCCNc1cc(-n2cc(C(F)(F)F)cn2)nc(N)n1. The second-order valence-corrected chi connectivity index (χ2v) is 4.07. The normalized spacial score (nSPS) is 11.6. The van der Waals surface area contributed by atoms with Gasteiger partial charge in [0.15, 0.2) is 5.82 Å². The van der Waals surface area contributed by atoms with E-state index in [2.05, 4.69) is 20.4 Å². The Labute approximate surface area is 112 Å². The lowest BCUT2D eigenvalue weighted by atomic mass is 10.3. The summed E-state index contributed by atoms with van der Waals surface area (Å²) in [5.74, 6) is 0.579. The molecule has 0 aromatic carbocycles. The fourth-order valence-corrected chi connectivity index (χ4v) is 1.51. The third-order valence-corrected chi connectivity index (χ3v) is 2.43. The van der Waals surface area contributed by atoms with Crippen molar-refractivity contribution in [2.45, 2.75) is 19.5 Å². The van der Waals surface area contributed by atoms with Gasteiger partial charge in [0, 0.05) is 18.8 Å². The molecule has 0 aliphatic carbocycles. The maximum absolute atomic E-state index is 12.5. The van der Waals surface area contributed by atoms with Crippen LogP contribution in [0.5, 0.6) is 0 Å². The second kappa shape index (κ2) is 5.35. The highest BCUT2D eigenvalue weighted by Gasteiger charge is 2.32. The summed E-state index contributed by atoms with van der Waals surface area (Å²) in [6.45, 7) is 2.64. The van der Waals surface area contributed by atoms with Crippen LogP contribution in [0.2, 0.25) is 0 Å². The third-order valence-electron chi connectivity index (χ3n) is 2.43. The number of nitrogens with two attached hydrogens (primary N) is 1. The molecular weight excluding hydrogens is 273 g/mol. The lowest BCUT2D eigenvalue weighted by Gasteiger charge is -2.07. The van der Waals surface area contributed by atoms with Crippen molar-refractivity contribution in [2.75, 3.05) is 17.6 Å². The van der Waals surface area contributed by atoms with E-state index in [1.165, 1.54) is 6.07 Å². The zero-order valence-electron chi connectivity index (χ0n) is 10.6. The predicted octanol–water partition coefficient (Wildman–Crippen LogP) is 2.09. The van der Waals surface area contributed by atoms with Crippen molar-refractivity contribution < 1.29 is 13.2 Å². The van der Waals surface area contributed by atoms with Crippen LogP contribution >= 0.6 is 0 Å². The zero-order valence-corrected chi connectivity index (χ0v) is 10.6. The average Bonchev–Trinajstić information content (AvgIpc) is 2.85. The Morgan fingerprint density at radius 2 is 2.10 bits per heavy atom. The number of nitrogen functional groups attached to an aromatic ring is 1. The Morgan fingerprint density at radius 3 is 2.70 bits per heavy atom. The summed E-state index contributed by atoms with van der Waals surface area (Å²) < 4.78 is 38.6. The van der Waals surface area contributed by atoms with E-state index in [0.717, 1.165) is 23.5 Å². The van der Waals surface area contributed by atoms with Crippen LogP contribution in [0.4, 0.5) is 24.9 Å². The number of hydrogen-bond donors (Lipinski definition) is 2. The van der Waals surface area contributed by atoms with Crippen LogP contribution in [-0.4, -0.2) is 26.3 Å². The van der Waals surface area contributed by atoms with Crippen LogP contribution in [-0.2, 0) is 6.18 Å². The maximum atomic E-state index is 12.5. The number of nitrogens with zero attached hydrogens (tertiary/aromatic N) is 4. The molecule has 0 aliphatic heterocycles. The molecule has 0 saturated heterocycles. The van der Waals surface area contributed by atoms with Crippen molar-refractivity contribution in [1.29, 1.82) is 0 Å². The Kier molecular flexibility index (Phi) is 3.77. The van der Waals surface area contributed by atoms with Crippen LogP contribution < -0.4 is 11.1 Å². The summed E-state index contributed by atoms with van der Waals surface area (Å²) in [4.78, 5) is 7.81. The first-order valence-electron chi connectivity index (χ1n) is 5.91. The summed E-state index contributed by atoms with van der Waals surface area (Å²) in [6, 6.07) is 1.49. The Balaban J connectivity index is 2.32. The molecule has 0 unspecified atom stereocenters. The van der Waals surface area contributed by atoms with Gasteiger partial charge in [-0.2, -0.15) is 28.2 Å². The molecule has 9 heteroatoms. The Hall–Kier alpha value is -2.32. The molecule has 0 saturated carbocycles. The van der Waals surface area contributed by atoms with Gasteiger partial charge in [0.05, 0.1) is 11.8 Å². The zero-order chi connectivity index (χ0) is 14.8. The predicted molar refractivity (Wildman–Crippen MR) is 67.3 cm³/mol. The van der Waals surface area contributed by atoms with E-state index >= 15 is 0 Å². The van der Waals surface area contributed by atoms with Crippen molar-refractivity contribution in [2.24, 2.45) is 0 Å². The van der Waals surface area contributed by atoms with Crippen molar-refractivity contribution in [3.8, 4) is 5.82 Å². The first-order chi connectivity index (χ1) is 9.40. The number of aromatic nitrogens is 4. The van der Waals surface area contributed by atoms with E-state index in [9.17, 15) is 13.2 Å². The van der Waals surface area contributed by atoms with E-state index in [0.29, 0.717) is 12.4 Å². The molecule has 2 aromatic heterocycles. The number of nitrogens with one attached hydrogen (secondary N) is 1. The lowest BCUT2D eigenvalue weighted by Crippen LogP contribution is -2.08. The summed E-state index contributed by atoms with van der Waals surface area (Å²) in [6.07, 6.45) is -1.98. The minimum absolute atomic E-state index is 0.0369. The summed E-state index contributed by atoms with van der Waals surface area (Å²) in [7, 11) is 0. The molecule has 2 rings (SSSR count). The molecule has 0 aliphatic rings. The third kappa shape index (κ3) is 3.16. The van der Waals surface area contributed by atoms with E-state index in [-0.39, 0.29) is 11.8 Å². The number of anilines is 2. The molecule has 0 atom stereocenters. The van der Waals surface area contributed by atoms with Crippen molar-refractivity contribution >= 4 is 11.8 Å². The van der Waals surface area contributed by atoms with Crippen LogP contribution in [0, 0.1) is 0 Å². The Morgan fingerprint density at radius 1 is 1.35 bits per heavy atom. The largest absolute Gasteiger partial charge is 0.419 e. The first kappa shape index (κ1) is 14.1. The van der Waals surface area contributed by atoms with Gasteiger partial charge in [-0.25, -0.2) is 4.68 Å². The molecule has 0 bridgehead atoms. The fraction of sp³-hybridized carbons (Fsp3) is 0.364. The van der Waals surface area contributed by atoms with Crippen LogP contribution in [0.1, 0.15) is 18.9 Å². The maximum Gasteiger partial charge on any atom is 0.419 e. The van der Waals surface area contributed by atoms with Crippen molar-refractivity contribution in [3.05, 3.63) is 24.0 Å². The molecule has 108 valence electrons. The van der Waals surface area contributed by atoms with E-state index in [1.807, 2.05) is 6.92 Å². The van der Waals surface area contributed by atoms with Gasteiger partial charge in [0.1, 0.15) is 5.82 Å². The fourth-order valence-electron chi connectivity index (χ4n) is 1.51. The van der Waals surface area contributed by atoms with Gasteiger partial charge >= 0.3 is 6.18 Å². The first-order valence-corrected chi connectivity index (χ1v) is 5.91. The molecule has 3 N–H and O–H groups in total. The van der Waals surface area contributed by atoms with E-state index in [4.69, 9.17) is 5.73 Å². The van der Waals surface area contributed by atoms with Gasteiger partial charge in [-0.3, -0.25) is 0 Å².